The summed E-state index contributed by atoms with van der Waals surface area (Å²) in [5.41, 5.74) is -0.788. The molecule has 0 aromatic carbocycles. The molecule has 0 aliphatic carbocycles. The summed E-state index contributed by atoms with van der Waals surface area (Å²) in [6.45, 7) is 1.21. The monoisotopic (exact) mass is 347 g/mol. The van der Waals surface area contributed by atoms with E-state index < -0.39 is 5.41 Å². The molecule has 2 fully saturated rings. The summed E-state index contributed by atoms with van der Waals surface area (Å²) in [6.07, 6.45) is 2.34. The fourth-order valence-electron chi connectivity index (χ4n) is 2.57. The lowest BCUT2D eigenvalue weighted by molar-refractivity contribution is -0.149. The maximum atomic E-state index is 11.7. The van der Waals surface area contributed by atoms with Gasteiger partial charge in [-0.05, 0) is 19.3 Å². The van der Waals surface area contributed by atoms with Crippen molar-refractivity contribution in [2.45, 2.75) is 50.0 Å². The van der Waals surface area contributed by atoms with Crippen LogP contribution in [-0.4, -0.2) is 65.2 Å². The number of fused-ring (bicyclic) bond motifs is 1. The van der Waals surface area contributed by atoms with Gasteiger partial charge in [-0.2, -0.15) is 11.8 Å². The Morgan fingerprint density at radius 1 is 1.48 bits per heavy atom. The average molecular weight is 347 g/mol. The van der Waals surface area contributed by atoms with Gasteiger partial charge in [0.2, 0.25) is 0 Å². The highest BCUT2D eigenvalue weighted by Crippen LogP contribution is 2.33. The van der Waals surface area contributed by atoms with E-state index in [-0.39, 0.29) is 44.0 Å². The number of carbonyl (C=O) groups excluding carboxylic acids is 2. The SMILES string of the molecule is CC(CO)(CO)COC(=O)CCCC1C[C@H]2OC(=O)N[C@H]2CS1. The third-order valence-electron chi connectivity index (χ3n) is 4.27. The van der Waals surface area contributed by atoms with Crippen LogP contribution >= 0.6 is 11.8 Å². The number of hydrogen-bond donors (Lipinski definition) is 3. The standard InChI is InChI=1S/C15H25NO6S/c1-15(7-17,8-18)9-21-13(19)4-2-3-10-5-12-11(6-23-10)16-14(20)22-12/h10-12,17-18H,2-9H2,1H3,(H,16,20)/t10?,11-,12+/m0/s1. The second kappa shape index (κ2) is 8.21. The Kier molecular flexibility index (Phi) is 6.55. The van der Waals surface area contributed by atoms with Crippen molar-refractivity contribution in [2.24, 2.45) is 5.41 Å². The lowest BCUT2D eigenvalue weighted by Gasteiger charge is -2.29. The predicted octanol–water partition coefficient (Wildman–Crippen LogP) is 0.673. The van der Waals surface area contributed by atoms with Gasteiger partial charge >= 0.3 is 12.1 Å². The molecule has 8 heteroatoms. The lowest BCUT2D eigenvalue weighted by Crippen LogP contribution is -2.39. The molecule has 2 aliphatic heterocycles. The van der Waals surface area contributed by atoms with Gasteiger partial charge in [0.05, 0.1) is 19.3 Å². The van der Waals surface area contributed by atoms with E-state index in [1.807, 2.05) is 0 Å². The van der Waals surface area contributed by atoms with Crippen LogP contribution in [0.2, 0.25) is 0 Å². The summed E-state index contributed by atoms with van der Waals surface area (Å²) in [5, 5.41) is 21.5. The fourth-order valence-corrected chi connectivity index (χ4v) is 4.01. The molecule has 0 spiro atoms. The van der Waals surface area contributed by atoms with Gasteiger partial charge in [-0.15, -0.1) is 0 Å². The van der Waals surface area contributed by atoms with Crippen molar-refractivity contribution in [3.8, 4) is 0 Å². The minimum Gasteiger partial charge on any atom is -0.465 e. The van der Waals surface area contributed by atoms with E-state index in [1.54, 1.807) is 18.7 Å². The summed E-state index contributed by atoms with van der Waals surface area (Å²) in [4.78, 5) is 22.9. The molecule has 3 N–H and O–H groups in total. The average Bonchev–Trinajstić information content (AvgIpc) is 2.92. The van der Waals surface area contributed by atoms with Gasteiger partial charge in [-0.3, -0.25) is 4.79 Å². The first-order chi connectivity index (χ1) is 11.0. The molecule has 0 aromatic rings. The Hall–Kier alpha value is -0.990. The summed E-state index contributed by atoms with van der Waals surface area (Å²) in [5.74, 6) is 0.530. The molecule has 132 valence electrons. The molecule has 0 bridgehead atoms. The van der Waals surface area contributed by atoms with Gasteiger partial charge in [0.1, 0.15) is 12.7 Å². The lowest BCUT2D eigenvalue weighted by atomic mass is 9.94. The number of alkyl carbamates (subject to hydrolysis) is 1. The second-order valence-electron chi connectivity index (χ2n) is 6.57. The quantitative estimate of drug-likeness (QED) is 0.554. The number of carbonyl (C=O) groups is 2. The topological polar surface area (TPSA) is 105 Å². The molecule has 3 atom stereocenters. The highest BCUT2D eigenvalue weighted by atomic mass is 32.2. The zero-order valence-electron chi connectivity index (χ0n) is 13.3. The van der Waals surface area contributed by atoms with Crippen LogP contribution in [0.1, 0.15) is 32.6 Å². The highest BCUT2D eigenvalue weighted by molar-refractivity contribution is 8.00. The van der Waals surface area contributed by atoms with Crippen LogP contribution in [0.15, 0.2) is 0 Å². The number of rotatable bonds is 8. The summed E-state index contributed by atoms with van der Waals surface area (Å²) < 4.78 is 10.3. The molecule has 2 heterocycles. The molecule has 2 saturated heterocycles. The van der Waals surface area contributed by atoms with Crippen LogP contribution < -0.4 is 5.32 Å². The van der Waals surface area contributed by atoms with Crippen LogP contribution in [0.4, 0.5) is 4.79 Å². The van der Waals surface area contributed by atoms with Gasteiger partial charge < -0.3 is 25.0 Å². The summed E-state index contributed by atoms with van der Waals surface area (Å²) in [6, 6.07) is 0.114. The van der Waals surface area contributed by atoms with Crippen molar-refractivity contribution in [3.63, 3.8) is 0 Å². The van der Waals surface area contributed by atoms with Crippen molar-refractivity contribution in [1.82, 2.24) is 5.32 Å². The predicted molar refractivity (Wildman–Crippen MR) is 85.1 cm³/mol. The van der Waals surface area contributed by atoms with Crippen molar-refractivity contribution >= 4 is 23.8 Å². The van der Waals surface area contributed by atoms with E-state index in [1.165, 1.54) is 0 Å². The van der Waals surface area contributed by atoms with E-state index in [0.29, 0.717) is 18.1 Å². The third-order valence-corrected chi connectivity index (χ3v) is 5.72. The molecular weight excluding hydrogens is 322 g/mol. The number of nitrogens with one attached hydrogen (secondary N) is 1. The first-order valence-electron chi connectivity index (χ1n) is 7.92. The van der Waals surface area contributed by atoms with E-state index in [2.05, 4.69) is 5.32 Å². The Morgan fingerprint density at radius 3 is 2.91 bits per heavy atom. The number of thioether (sulfide) groups is 1. The Labute approximate surface area is 140 Å². The van der Waals surface area contributed by atoms with E-state index >= 15 is 0 Å². The molecule has 2 aliphatic rings. The van der Waals surface area contributed by atoms with Gasteiger partial charge in [0.15, 0.2) is 0 Å². The first-order valence-corrected chi connectivity index (χ1v) is 8.97. The number of esters is 1. The molecule has 7 nitrogen and oxygen atoms in total. The minimum atomic E-state index is -0.788. The number of aliphatic hydroxyl groups excluding tert-OH is 2. The smallest absolute Gasteiger partial charge is 0.407 e. The Morgan fingerprint density at radius 2 is 2.22 bits per heavy atom. The number of amides is 1. The molecular formula is C15H25NO6S. The van der Waals surface area contributed by atoms with Crippen molar-refractivity contribution in [3.05, 3.63) is 0 Å². The zero-order chi connectivity index (χ0) is 16.9. The van der Waals surface area contributed by atoms with Gasteiger partial charge in [-0.25, -0.2) is 4.79 Å². The molecule has 1 unspecified atom stereocenters. The van der Waals surface area contributed by atoms with E-state index in [4.69, 9.17) is 19.7 Å². The van der Waals surface area contributed by atoms with Crippen molar-refractivity contribution in [1.29, 1.82) is 0 Å². The molecule has 0 saturated carbocycles. The molecule has 0 radical (unpaired) electrons. The number of aliphatic hydroxyl groups is 2. The van der Waals surface area contributed by atoms with E-state index in [0.717, 1.165) is 18.6 Å². The Balaban J connectivity index is 1.61. The van der Waals surface area contributed by atoms with Crippen molar-refractivity contribution in [2.75, 3.05) is 25.6 Å². The van der Waals surface area contributed by atoms with E-state index in [9.17, 15) is 9.59 Å². The van der Waals surface area contributed by atoms with Crippen LogP contribution in [0, 0.1) is 5.41 Å². The minimum absolute atomic E-state index is 0.0163. The van der Waals surface area contributed by atoms with Crippen LogP contribution in [0.5, 0.6) is 0 Å². The summed E-state index contributed by atoms with van der Waals surface area (Å²) >= 11 is 1.81. The van der Waals surface area contributed by atoms with Gasteiger partial charge in [-0.1, -0.05) is 6.92 Å². The molecule has 0 aromatic heterocycles. The summed E-state index contributed by atoms with van der Waals surface area (Å²) in [7, 11) is 0. The number of ether oxygens (including phenoxy) is 2. The Bertz CT molecular complexity index is 428. The molecule has 2 rings (SSSR count). The van der Waals surface area contributed by atoms with Gasteiger partial charge in [0, 0.05) is 22.8 Å². The van der Waals surface area contributed by atoms with Crippen LogP contribution in [-0.2, 0) is 14.3 Å². The van der Waals surface area contributed by atoms with Gasteiger partial charge in [0.25, 0.3) is 0 Å². The normalized spacial score (nSPS) is 27.1. The fraction of sp³-hybridized carbons (Fsp3) is 0.867. The second-order valence-corrected chi connectivity index (χ2v) is 7.90. The van der Waals surface area contributed by atoms with Crippen LogP contribution in [0.3, 0.4) is 0 Å². The first kappa shape index (κ1) is 18.4. The number of hydrogen-bond acceptors (Lipinski definition) is 7. The zero-order valence-corrected chi connectivity index (χ0v) is 14.1. The van der Waals surface area contributed by atoms with Crippen LogP contribution in [0.25, 0.3) is 0 Å². The highest BCUT2D eigenvalue weighted by Gasteiger charge is 2.39. The molecule has 23 heavy (non-hydrogen) atoms. The maximum Gasteiger partial charge on any atom is 0.407 e. The molecule has 1 amide bonds. The largest absolute Gasteiger partial charge is 0.465 e. The van der Waals surface area contributed by atoms with Crippen molar-refractivity contribution < 1.29 is 29.3 Å². The maximum absolute atomic E-state index is 11.7. The third kappa shape index (κ3) is 5.26.